The lowest BCUT2D eigenvalue weighted by Gasteiger charge is -2.13. The summed E-state index contributed by atoms with van der Waals surface area (Å²) in [6.07, 6.45) is 3.66. The molecule has 0 saturated heterocycles. The maximum atomic E-state index is 12.5. The average molecular weight is 436 g/mol. The third kappa shape index (κ3) is 4.41. The van der Waals surface area contributed by atoms with Crippen molar-refractivity contribution in [3.05, 3.63) is 47.2 Å². The summed E-state index contributed by atoms with van der Waals surface area (Å²) >= 11 is 7.49. The number of hydrogen-bond donors (Lipinski definition) is 1. The number of anilines is 1. The average Bonchev–Trinajstić information content (AvgIpc) is 3.11. The number of pyridine rings is 1. The van der Waals surface area contributed by atoms with Crippen LogP contribution in [0.1, 0.15) is 10.5 Å². The van der Waals surface area contributed by atoms with Crippen LogP contribution in [-0.4, -0.2) is 48.3 Å². The lowest BCUT2D eigenvalue weighted by atomic mass is 10.2. The highest BCUT2D eigenvalue weighted by atomic mass is 35.5. The Hall–Kier alpha value is -2.91. The maximum Gasteiger partial charge on any atom is 0.359 e. The zero-order valence-electron chi connectivity index (χ0n) is 15.9. The monoisotopic (exact) mass is 435 g/mol. The number of esters is 1. The Balaban J connectivity index is 1.70. The first-order valence-corrected chi connectivity index (χ1v) is 9.98. The van der Waals surface area contributed by atoms with Gasteiger partial charge in [-0.05, 0) is 24.5 Å². The number of nitrogens with one attached hydrogen (secondary N) is 1. The number of amides is 1. The van der Waals surface area contributed by atoms with E-state index in [1.165, 1.54) is 32.0 Å². The fraction of sp³-hybridized carbons (Fsp3) is 0.211. The normalized spacial score (nSPS) is 10.6. The SMILES string of the molecule is COc1cc(OC)c(NC(=O)COC(=O)c2nc(SC)n3ccccc23)cc1Cl. The number of fused-ring (bicyclic) bond motifs is 1. The molecule has 3 rings (SSSR count). The van der Waals surface area contributed by atoms with Crippen LogP contribution >= 0.6 is 23.4 Å². The van der Waals surface area contributed by atoms with Gasteiger partial charge in [0.15, 0.2) is 17.5 Å². The molecule has 1 amide bonds. The standard InChI is InChI=1S/C19H18ClN3O5S/c1-26-14-9-15(27-2)12(8-11(14)20)21-16(24)10-28-18(25)17-13-6-4-5-7-23(13)19(22-17)29-3/h4-9H,10H2,1-3H3,(H,21,24). The first kappa shape index (κ1) is 20.8. The molecule has 0 fully saturated rings. The number of rotatable bonds is 7. The van der Waals surface area contributed by atoms with E-state index < -0.39 is 18.5 Å². The molecule has 0 aliphatic heterocycles. The van der Waals surface area contributed by atoms with Crippen LogP contribution in [0.15, 0.2) is 41.7 Å². The van der Waals surface area contributed by atoms with E-state index >= 15 is 0 Å². The number of ether oxygens (including phenoxy) is 3. The van der Waals surface area contributed by atoms with Crippen LogP contribution in [0.5, 0.6) is 11.5 Å². The molecule has 1 N–H and O–H groups in total. The minimum atomic E-state index is -0.691. The van der Waals surface area contributed by atoms with Crippen LogP contribution in [0.3, 0.4) is 0 Å². The van der Waals surface area contributed by atoms with Gasteiger partial charge in [0.05, 0.1) is 30.4 Å². The van der Waals surface area contributed by atoms with Crippen molar-refractivity contribution in [2.75, 3.05) is 32.4 Å². The van der Waals surface area contributed by atoms with Crippen molar-refractivity contribution in [1.29, 1.82) is 0 Å². The van der Waals surface area contributed by atoms with Gasteiger partial charge in [0.1, 0.15) is 11.5 Å². The number of carbonyl (C=O) groups excluding carboxylic acids is 2. The Morgan fingerprint density at radius 2 is 1.97 bits per heavy atom. The number of imidazole rings is 1. The largest absolute Gasteiger partial charge is 0.495 e. The second-order valence-electron chi connectivity index (χ2n) is 5.71. The smallest absolute Gasteiger partial charge is 0.359 e. The van der Waals surface area contributed by atoms with Crippen molar-refractivity contribution in [3.63, 3.8) is 0 Å². The van der Waals surface area contributed by atoms with Crippen molar-refractivity contribution < 1.29 is 23.8 Å². The maximum absolute atomic E-state index is 12.5. The number of carbonyl (C=O) groups is 2. The highest BCUT2D eigenvalue weighted by Crippen LogP contribution is 2.35. The summed E-state index contributed by atoms with van der Waals surface area (Å²) < 4.78 is 17.3. The Labute approximate surface area is 176 Å². The highest BCUT2D eigenvalue weighted by molar-refractivity contribution is 7.98. The van der Waals surface area contributed by atoms with E-state index in [0.717, 1.165) is 0 Å². The molecule has 0 aliphatic rings. The zero-order chi connectivity index (χ0) is 21.0. The second-order valence-corrected chi connectivity index (χ2v) is 6.89. The van der Waals surface area contributed by atoms with Crippen LogP contribution in [0.2, 0.25) is 5.02 Å². The summed E-state index contributed by atoms with van der Waals surface area (Å²) in [6, 6.07) is 8.43. The quantitative estimate of drug-likeness (QED) is 0.448. The van der Waals surface area contributed by atoms with Crippen LogP contribution in [0, 0.1) is 0 Å². The molecule has 10 heteroatoms. The molecule has 0 saturated carbocycles. The molecule has 0 aliphatic carbocycles. The fourth-order valence-electron chi connectivity index (χ4n) is 2.65. The molecule has 2 aromatic heterocycles. The van der Waals surface area contributed by atoms with Gasteiger partial charge in [-0.25, -0.2) is 9.78 Å². The van der Waals surface area contributed by atoms with Gasteiger partial charge in [-0.3, -0.25) is 9.20 Å². The van der Waals surface area contributed by atoms with Gasteiger partial charge in [0, 0.05) is 12.3 Å². The molecule has 0 spiro atoms. The first-order chi connectivity index (χ1) is 14.0. The molecular formula is C19H18ClN3O5S. The van der Waals surface area contributed by atoms with Crippen molar-refractivity contribution in [2.24, 2.45) is 0 Å². The Morgan fingerprint density at radius 1 is 1.21 bits per heavy atom. The Morgan fingerprint density at radius 3 is 2.66 bits per heavy atom. The third-order valence-electron chi connectivity index (χ3n) is 3.97. The van der Waals surface area contributed by atoms with Gasteiger partial charge < -0.3 is 19.5 Å². The van der Waals surface area contributed by atoms with Gasteiger partial charge in [-0.15, -0.1) is 0 Å². The Kier molecular flexibility index (Phi) is 6.50. The van der Waals surface area contributed by atoms with E-state index in [-0.39, 0.29) is 5.69 Å². The number of methoxy groups -OCH3 is 2. The zero-order valence-corrected chi connectivity index (χ0v) is 17.5. The van der Waals surface area contributed by atoms with Crippen molar-refractivity contribution in [1.82, 2.24) is 9.38 Å². The fourth-order valence-corrected chi connectivity index (χ4v) is 3.43. The third-order valence-corrected chi connectivity index (χ3v) is 4.92. The molecule has 1 aromatic carbocycles. The highest BCUT2D eigenvalue weighted by Gasteiger charge is 2.20. The van der Waals surface area contributed by atoms with E-state index in [0.29, 0.717) is 32.9 Å². The van der Waals surface area contributed by atoms with Crippen molar-refractivity contribution in [3.8, 4) is 11.5 Å². The molecule has 152 valence electrons. The second kappa shape index (κ2) is 9.06. The van der Waals surface area contributed by atoms with Crippen molar-refractivity contribution in [2.45, 2.75) is 5.16 Å². The first-order valence-electron chi connectivity index (χ1n) is 8.38. The molecule has 29 heavy (non-hydrogen) atoms. The van der Waals surface area contributed by atoms with E-state index in [1.807, 2.05) is 12.3 Å². The molecule has 2 heterocycles. The lowest BCUT2D eigenvalue weighted by Crippen LogP contribution is -2.21. The molecule has 0 unspecified atom stereocenters. The Bertz CT molecular complexity index is 1070. The summed E-state index contributed by atoms with van der Waals surface area (Å²) in [5.41, 5.74) is 1.08. The number of hydrogen-bond acceptors (Lipinski definition) is 7. The lowest BCUT2D eigenvalue weighted by molar-refractivity contribution is -0.119. The summed E-state index contributed by atoms with van der Waals surface area (Å²) in [5, 5.41) is 3.55. The summed E-state index contributed by atoms with van der Waals surface area (Å²) in [4.78, 5) is 29.0. The van der Waals surface area contributed by atoms with E-state index in [9.17, 15) is 9.59 Å². The van der Waals surface area contributed by atoms with Crippen LogP contribution in [0.25, 0.3) is 5.52 Å². The van der Waals surface area contributed by atoms with Crippen LogP contribution in [0.4, 0.5) is 5.69 Å². The molecule has 0 bridgehead atoms. The van der Waals surface area contributed by atoms with E-state index in [1.54, 1.807) is 28.8 Å². The van der Waals surface area contributed by atoms with Gasteiger partial charge >= 0.3 is 5.97 Å². The van der Waals surface area contributed by atoms with Gasteiger partial charge in [0.25, 0.3) is 5.91 Å². The van der Waals surface area contributed by atoms with E-state index in [4.69, 9.17) is 25.8 Å². The molecule has 8 nitrogen and oxygen atoms in total. The molecule has 0 atom stereocenters. The molecule has 3 aromatic rings. The minimum Gasteiger partial charge on any atom is -0.495 e. The minimum absolute atomic E-state index is 0.146. The number of halogens is 1. The predicted molar refractivity (Wildman–Crippen MR) is 110 cm³/mol. The number of benzene rings is 1. The van der Waals surface area contributed by atoms with Gasteiger partial charge in [-0.2, -0.15) is 0 Å². The van der Waals surface area contributed by atoms with Crippen LogP contribution in [-0.2, 0) is 9.53 Å². The molecule has 0 radical (unpaired) electrons. The summed E-state index contributed by atoms with van der Waals surface area (Å²) in [7, 11) is 2.92. The number of aromatic nitrogens is 2. The number of thioether (sulfide) groups is 1. The molecular weight excluding hydrogens is 418 g/mol. The summed E-state index contributed by atoms with van der Waals surface area (Å²) in [5.74, 6) is -0.477. The van der Waals surface area contributed by atoms with Crippen molar-refractivity contribution >= 4 is 46.4 Å². The topological polar surface area (TPSA) is 91.2 Å². The van der Waals surface area contributed by atoms with E-state index in [2.05, 4.69) is 10.3 Å². The van der Waals surface area contributed by atoms with Gasteiger partial charge in [0.2, 0.25) is 0 Å². The number of nitrogens with zero attached hydrogens (tertiary/aromatic N) is 2. The predicted octanol–water partition coefficient (Wildman–Crippen LogP) is 3.52. The van der Waals surface area contributed by atoms with Crippen LogP contribution < -0.4 is 14.8 Å². The van der Waals surface area contributed by atoms with Gasteiger partial charge in [-0.1, -0.05) is 29.4 Å². The summed E-state index contributed by atoms with van der Waals surface area (Å²) in [6.45, 7) is -0.494.